The van der Waals surface area contributed by atoms with E-state index in [9.17, 15) is 0 Å². The van der Waals surface area contributed by atoms with Crippen molar-refractivity contribution in [1.82, 2.24) is 0 Å². The highest BCUT2D eigenvalue weighted by Gasteiger charge is 2.22. The monoisotopic (exact) mass is 233 g/mol. The van der Waals surface area contributed by atoms with Gasteiger partial charge in [0.1, 0.15) is 5.75 Å². The van der Waals surface area contributed by atoms with E-state index in [0.717, 1.165) is 11.3 Å². The Labute approximate surface area is 104 Å². The summed E-state index contributed by atoms with van der Waals surface area (Å²) in [6, 6.07) is 4.46. The third kappa shape index (κ3) is 2.63. The SMILES string of the molecule is COc1cc2c(cc1C(C)(C)N)CCCCC2. The van der Waals surface area contributed by atoms with Crippen molar-refractivity contribution in [1.29, 1.82) is 0 Å². The predicted octanol–water partition coefficient (Wildman–Crippen LogP) is 3.16. The number of benzene rings is 1. The zero-order valence-electron chi connectivity index (χ0n) is 11.2. The molecule has 0 bridgehead atoms. The van der Waals surface area contributed by atoms with Gasteiger partial charge in [0, 0.05) is 11.1 Å². The highest BCUT2D eigenvalue weighted by Crippen LogP contribution is 2.33. The fourth-order valence-corrected chi connectivity index (χ4v) is 2.61. The van der Waals surface area contributed by atoms with Crippen molar-refractivity contribution < 1.29 is 4.74 Å². The van der Waals surface area contributed by atoms with E-state index >= 15 is 0 Å². The maximum atomic E-state index is 6.23. The Morgan fingerprint density at radius 3 is 2.18 bits per heavy atom. The summed E-state index contributed by atoms with van der Waals surface area (Å²) in [5.74, 6) is 0.943. The van der Waals surface area contributed by atoms with Crippen LogP contribution in [-0.4, -0.2) is 7.11 Å². The maximum Gasteiger partial charge on any atom is 0.124 e. The van der Waals surface area contributed by atoms with Crippen molar-refractivity contribution in [3.8, 4) is 5.75 Å². The van der Waals surface area contributed by atoms with Crippen LogP contribution in [0, 0.1) is 0 Å². The van der Waals surface area contributed by atoms with Crippen molar-refractivity contribution >= 4 is 0 Å². The third-order valence-electron chi connectivity index (χ3n) is 3.61. The average Bonchev–Trinajstić information content (AvgIpc) is 2.50. The number of methoxy groups -OCH3 is 1. The second-order valence-electron chi connectivity index (χ2n) is 5.60. The smallest absolute Gasteiger partial charge is 0.124 e. The van der Waals surface area contributed by atoms with Crippen molar-refractivity contribution in [3.63, 3.8) is 0 Å². The molecule has 1 aliphatic carbocycles. The summed E-state index contributed by atoms with van der Waals surface area (Å²) < 4.78 is 5.50. The molecule has 0 fully saturated rings. The van der Waals surface area contributed by atoms with E-state index in [0.29, 0.717) is 0 Å². The van der Waals surface area contributed by atoms with Crippen molar-refractivity contribution in [2.75, 3.05) is 7.11 Å². The largest absolute Gasteiger partial charge is 0.496 e. The summed E-state index contributed by atoms with van der Waals surface area (Å²) in [5, 5.41) is 0. The summed E-state index contributed by atoms with van der Waals surface area (Å²) in [7, 11) is 1.73. The molecule has 0 heterocycles. The molecule has 94 valence electrons. The second-order valence-corrected chi connectivity index (χ2v) is 5.60. The highest BCUT2D eigenvalue weighted by molar-refractivity contribution is 5.46. The molecule has 1 aliphatic rings. The first-order chi connectivity index (χ1) is 8.02. The minimum absolute atomic E-state index is 0.341. The molecule has 1 aromatic rings. The second kappa shape index (κ2) is 4.69. The quantitative estimate of drug-likeness (QED) is 0.796. The molecule has 17 heavy (non-hydrogen) atoms. The molecule has 0 spiro atoms. The fraction of sp³-hybridized carbons (Fsp3) is 0.600. The van der Waals surface area contributed by atoms with Crippen molar-refractivity contribution in [2.24, 2.45) is 5.73 Å². The molecule has 0 aliphatic heterocycles. The number of rotatable bonds is 2. The zero-order valence-corrected chi connectivity index (χ0v) is 11.2. The van der Waals surface area contributed by atoms with E-state index < -0.39 is 0 Å². The lowest BCUT2D eigenvalue weighted by atomic mass is 9.89. The number of aryl methyl sites for hydroxylation is 2. The van der Waals surface area contributed by atoms with Crippen LogP contribution in [0.2, 0.25) is 0 Å². The predicted molar refractivity (Wildman–Crippen MR) is 71.5 cm³/mol. The van der Waals surface area contributed by atoms with Gasteiger partial charge in [-0.3, -0.25) is 0 Å². The molecular weight excluding hydrogens is 210 g/mol. The number of ether oxygens (including phenoxy) is 1. The van der Waals surface area contributed by atoms with Gasteiger partial charge >= 0.3 is 0 Å². The Morgan fingerprint density at radius 1 is 1.06 bits per heavy atom. The van der Waals surface area contributed by atoms with Gasteiger partial charge in [-0.2, -0.15) is 0 Å². The Hall–Kier alpha value is -1.02. The molecule has 2 N–H and O–H groups in total. The summed E-state index contributed by atoms with van der Waals surface area (Å²) in [5.41, 5.74) is 9.93. The Bertz CT molecular complexity index is 404. The summed E-state index contributed by atoms with van der Waals surface area (Å²) >= 11 is 0. The van der Waals surface area contributed by atoms with Crippen molar-refractivity contribution in [3.05, 3.63) is 28.8 Å². The third-order valence-corrected chi connectivity index (χ3v) is 3.61. The first kappa shape index (κ1) is 12.4. The van der Waals surface area contributed by atoms with Crippen LogP contribution in [0.15, 0.2) is 12.1 Å². The summed E-state index contributed by atoms with van der Waals surface area (Å²) in [4.78, 5) is 0. The average molecular weight is 233 g/mol. The minimum atomic E-state index is -0.341. The molecule has 0 amide bonds. The minimum Gasteiger partial charge on any atom is -0.496 e. The van der Waals surface area contributed by atoms with Crippen LogP contribution < -0.4 is 10.5 Å². The molecule has 1 aromatic carbocycles. The number of hydrogen-bond donors (Lipinski definition) is 1. The Balaban J connectivity index is 2.50. The normalized spacial score (nSPS) is 16.2. The van der Waals surface area contributed by atoms with E-state index in [4.69, 9.17) is 10.5 Å². The number of nitrogens with two attached hydrogens (primary N) is 1. The van der Waals surface area contributed by atoms with Crippen LogP contribution >= 0.6 is 0 Å². The lowest BCUT2D eigenvalue weighted by Gasteiger charge is -2.24. The summed E-state index contributed by atoms with van der Waals surface area (Å²) in [6.45, 7) is 4.07. The Morgan fingerprint density at radius 2 is 1.65 bits per heavy atom. The highest BCUT2D eigenvalue weighted by atomic mass is 16.5. The van der Waals surface area contributed by atoms with E-state index in [-0.39, 0.29) is 5.54 Å². The fourth-order valence-electron chi connectivity index (χ4n) is 2.61. The molecule has 0 radical (unpaired) electrons. The molecular formula is C15H23NO. The van der Waals surface area contributed by atoms with E-state index in [2.05, 4.69) is 12.1 Å². The van der Waals surface area contributed by atoms with Gasteiger partial charge in [0.05, 0.1) is 7.11 Å². The molecule has 2 heteroatoms. The summed E-state index contributed by atoms with van der Waals surface area (Å²) in [6.07, 6.45) is 6.28. The van der Waals surface area contributed by atoms with Crippen LogP contribution in [0.25, 0.3) is 0 Å². The van der Waals surface area contributed by atoms with Gasteiger partial charge in [-0.15, -0.1) is 0 Å². The number of hydrogen-bond acceptors (Lipinski definition) is 2. The number of fused-ring (bicyclic) bond motifs is 1. The van der Waals surface area contributed by atoms with E-state index in [1.165, 1.54) is 43.2 Å². The van der Waals surface area contributed by atoms with Crippen LogP contribution in [0.4, 0.5) is 0 Å². The zero-order chi connectivity index (χ0) is 12.5. The molecule has 0 saturated heterocycles. The van der Waals surface area contributed by atoms with Gasteiger partial charge in [-0.05, 0) is 62.8 Å². The molecule has 2 nitrogen and oxygen atoms in total. The molecule has 0 aromatic heterocycles. The van der Waals surface area contributed by atoms with Crippen LogP contribution in [0.5, 0.6) is 5.75 Å². The molecule has 0 atom stereocenters. The lowest BCUT2D eigenvalue weighted by molar-refractivity contribution is 0.393. The van der Waals surface area contributed by atoms with Gasteiger partial charge in [-0.1, -0.05) is 6.42 Å². The first-order valence-corrected chi connectivity index (χ1v) is 6.51. The van der Waals surface area contributed by atoms with Gasteiger partial charge in [0.25, 0.3) is 0 Å². The van der Waals surface area contributed by atoms with Crippen LogP contribution in [-0.2, 0) is 18.4 Å². The van der Waals surface area contributed by atoms with E-state index in [1.807, 2.05) is 13.8 Å². The van der Waals surface area contributed by atoms with Crippen LogP contribution in [0.1, 0.15) is 49.8 Å². The molecule has 2 rings (SSSR count). The van der Waals surface area contributed by atoms with Gasteiger partial charge < -0.3 is 10.5 Å². The molecule has 0 saturated carbocycles. The van der Waals surface area contributed by atoms with E-state index in [1.54, 1.807) is 7.11 Å². The maximum absolute atomic E-state index is 6.23. The topological polar surface area (TPSA) is 35.2 Å². The van der Waals surface area contributed by atoms with Gasteiger partial charge in [-0.25, -0.2) is 0 Å². The van der Waals surface area contributed by atoms with Gasteiger partial charge in [0.15, 0.2) is 0 Å². The molecule has 0 unspecified atom stereocenters. The lowest BCUT2D eigenvalue weighted by Crippen LogP contribution is -2.29. The van der Waals surface area contributed by atoms with Crippen LogP contribution in [0.3, 0.4) is 0 Å². The first-order valence-electron chi connectivity index (χ1n) is 6.51. The van der Waals surface area contributed by atoms with Crippen molar-refractivity contribution in [2.45, 2.75) is 51.5 Å². The Kier molecular flexibility index (Phi) is 3.43. The van der Waals surface area contributed by atoms with Gasteiger partial charge in [0.2, 0.25) is 0 Å². The standard InChI is InChI=1S/C15H23NO/c1-15(2,16)13-9-11-7-5-4-6-8-12(11)10-14(13)17-3/h9-10H,4-8,16H2,1-3H3.